The van der Waals surface area contributed by atoms with Crippen molar-refractivity contribution in [1.82, 2.24) is 10.3 Å². The van der Waals surface area contributed by atoms with E-state index in [-0.39, 0.29) is 29.1 Å². The maximum Gasteiger partial charge on any atom is 0.313 e. The van der Waals surface area contributed by atoms with Gasteiger partial charge in [0.15, 0.2) is 11.6 Å². The van der Waals surface area contributed by atoms with Crippen molar-refractivity contribution in [2.45, 2.75) is 38.5 Å². The number of alkyl halides is 2. The largest absolute Gasteiger partial charge is 0.359 e. The monoisotopic (exact) mass is 399 g/mol. The van der Waals surface area contributed by atoms with Gasteiger partial charge in [-0.1, -0.05) is 19.3 Å². The van der Waals surface area contributed by atoms with Crippen molar-refractivity contribution in [3.05, 3.63) is 30.0 Å². The quantitative estimate of drug-likeness (QED) is 0.526. The lowest BCUT2D eigenvalue weighted by atomic mass is 9.80. The van der Waals surface area contributed by atoms with Gasteiger partial charge in [0.1, 0.15) is 0 Å². The molecule has 1 saturated carbocycles. The molecule has 0 spiro atoms. The Morgan fingerprint density at radius 3 is 2.43 bits per heavy atom. The number of fused-ring (bicyclic) bond motifs is 1. The SMILES string of the molecule is O=C(NC[C@@H](C(F)F)C1CCCCC1)C(=O)Nc1c[nH]c2cc(F)c(F)cc12. The number of H-pyrrole nitrogens is 1. The summed E-state index contributed by atoms with van der Waals surface area (Å²) in [4.78, 5) is 26.8. The third-order valence-corrected chi connectivity index (χ3v) is 5.25. The maximum absolute atomic E-state index is 13.4. The topological polar surface area (TPSA) is 74.0 Å². The zero-order valence-electron chi connectivity index (χ0n) is 15.0. The van der Waals surface area contributed by atoms with Crippen LogP contribution >= 0.6 is 0 Å². The summed E-state index contributed by atoms with van der Waals surface area (Å²) in [5, 5.41) is 4.74. The lowest BCUT2D eigenvalue weighted by molar-refractivity contribution is -0.136. The van der Waals surface area contributed by atoms with Crippen LogP contribution in [0.5, 0.6) is 0 Å². The highest BCUT2D eigenvalue weighted by atomic mass is 19.3. The highest BCUT2D eigenvalue weighted by Gasteiger charge is 2.31. The summed E-state index contributed by atoms with van der Waals surface area (Å²) in [6, 6.07) is 1.82. The maximum atomic E-state index is 13.4. The van der Waals surface area contributed by atoms with Gasteiger partial charge in [0, 0.05) is 30.1 Å². The van der Waals surface area contributed by atoms with Gasteiger partial charge in [0.05, 0.1) is 11.2 Å². The molecule has 152 valence electrons. The van der Waals surface area contributed by atoms with Crippen LogP contribution in [-0.4, -0.2) is 29.8 Å². The van der Waals surface area contributed by atoms with E-state index >= 15 is 0 Å². The summed E-state index contributed by atoms with van der Waals surface area (Å²) < 4.78 is 53.4. The summed E-state index contributed by atoms with van der Waals surface area (Å²) in [5.41, 5.74) is 0.330. The molecule has 9 heteroatoms. The molecule has 1 aliphatic carbocycles. The Labute approximate surface area is 158 Å². The van der Waals surface area contributed by atoms with E-state index in [1.807, 2.05) is 0 Å². The number of carbonyl (C=O) groups excluding carboxylic acids is 2. The smallest absolute Gasteiger partial charge is 0.313 e. The van der Waals surface area contributed by atoms with Crippen LogP contribution < -0.4 is 10.6 Å². The van der Waals surface area contributed by atoms with Crippen LogP contribution in [0, 0.1) is 23.5 Å². The normalized spacial score (nSPS) is 16.3. The Morgan fingerprint density at radius 1 is 1.07 bits per heavy atom. The van der Waals surface area contributed by atoms with E-state index in [9.17, 15) is 27.2 Å². The molecule has 1 heterocycles. The first-order chi connectivity index (χ1) is 13.4. The number of aromatic nitrogens is 1. The molecule has 3 N–H and O–H groups in total. The van der Waals surface area contributed by atoms with Gasteiger partial charge < -0.3 is 15.6 Å². The second-order valence-electron chi connectivity index (χ2n) is 7.07. The fourth-order valence-corrected chi connectivity index (χ4v) is 3.71. The minimum atomic E-state index is -2.59. The molecule has 0 aliphatic heterocycles. The van der Waals surface area contributed by atoms with Crippen LogP contribution in [0.15, 0.2) is 18.3 Å². The van der Waals surface area contributed by atoms with Gasteiger partial charge in [-0.05, 0) is 24.8 Å². The molecule has 1 aromatic heterocycles. The predicted molar refractivity (Wildman–Crippen MR) is 95.9 cm³/mol. The van der Waals surface area contributed by atoms with Crippen LogP contribution in [0.3, 0.4) is 0 Å². The molecule has 0 bridgehead atoms. The van der Waals surface area contributed by atoms with Gasteiger partial charge in [-0.15, -0.1) is 0 Å². The van der Waals surface area contributed by atoms with Crippen molar-refractivity contribution in [3.63, 3.8) is 0 Å². The molecule has 5 nitrogen and oxygen atoms in total. The number of hydrogen-bond donors (Lipinski definition) is 3. The summed E-state index contributed by atoms with van der Waals surface area (Å²) in [5.74, 6) is -5.45. The Bertz CT molecular complexity index is 862. The van der Waals surface area contributed by atoms with Crippen LogP contribution in [0.1, 0.15) is 32.1 Å². The van der Waals surface area contributed by atoms with E-state index in [1.165, 1.54) is 6.20 Å². The Hall–Kier alpha value is -2.58. The highest BCUT2D eigenvalue weighted by molar-refractivity contribution is 6.40. The Balaban J connectivity index is 1.61. The lowest BCUT2D eigenvalue weighted by Gasteiger charge is -2.29. The molecule has 1 aliphatic rings. The van der Waals surface area contributed by atoms with Crippen molar-refractivity contribution < 1.29 is 27.2 Å². The molecule has 1 fully saturated rings. The number of hydrogen-bond acceptors (Lipinski definition) is 2. The lowest BCUT2D eigenvalue weighted by Crippen LogP contribution is -2.41. The van der Waals surface area contributed by atoms with E-state index < -0.39 is 35.8 Å². The summed E-state index contributed by atoms with van der Waals surface area (Å²) in [6.07, 6.45) is 2.89. The van der Waals surface area contributed by atoms with Crippen molar-refractivity contribution in [3.8, 4) is 0 Å². The van der Waals surface area contributed by atoms with Gasteiger partial charge >= 0.3 is 11.8 Å². The number of benzene rings is 1. The zero-order valence-corrected chi connectivity index (χ0v) is 15.0. The van der Waals surface area contributed by atoms with Crippen molar-refractivity contribution >= 4 is 28.4 Å². The van der Waals surface area contributed by atoms with Crippen LogP contribution in [0.2, 0.25) is 0 Å². The van der Waals surface area contributed by atoms with Crippen LogP contribution in [0.4, 0.5) is 23.2 Å². The number of aromatic amines is 1. The van der Waals surface area contributed by atoms with Crippen molar-refractivity contribution in [2.24, 2.45) is 11.8 Å². The first-order valence-corrected chi connectivity index (χ1v) is 9.20. The molecular formula is C19H21F4N3O2. The number of amides is 2. The number of nitrogens with one attached hydrogen (secondary N) is 3. The number of halogens is 4. The minimum absolute atomic E-state index is 0.0896. The van der Waals surface area contributed by atoms with Gasteiger partial charge in [-0.3, -0.25) is 9.59 Å². The first kappa shape index (κ1) is 20.2. The fraction of sp³-hybridized carbons (Fsp3) is 0.474. The summed E-state index contributed by atoms with van der Waals surface area (Å²) in [6.45, 7) is -0.289. The molecule has 3 rings (SSSR count). The second-order valence-corrected chi connectivity index (χ2v) is 7.07. The molecule has 28 heavy (non-hydrogen) atoms. The van der Waals surface area contributed by atoms with Crippen molar-refractivity contribution in [1.29, 1.82) is 0 Å². The molecular weight excluding hydrogens is 378 g/mol. The summed E-state index contributed by atoms with van der Waals surface area (Å²) >= 11 is 0. The van der Waals surface area contributed by atoms with Crippen LogP contribution in [0.25, 0.3) is 10.9 Å². The number of carbonyl (C=O) groups is 2. The van der Waals surface area contributed by atoms with E-state index in [0.29, 0.717) is 12.8 Å². The Kier molecular flexibility index (Phi) is 6.21. The van der Waals surface area contributed by atoms with Gasteiger partial charge in [-0.2, -0.15) is 0 Å². The predicted octanol–water partition coefficient (Wildman–Crippen LogP) is 3.96. The van der Waals surface area contributed by atoms with Crippen molar-refractivity contribution in [2.75, 3.05) is 11.9 Å². The highest BCUT2D eigenvalue weighted by Crippen LogP contribution is 2.33. The number of rotatable bonds is 5. The van der Waals surface area contributed by atoms with E-state index in [0.717, 1.165) is 31.4 Å². The molecule has 0 saturated heterocycles. The summed E-state index contributed by atoms with van der Waals surface area (Å²) in [7, 11) is 0. The average Bonchev–Trinajstić information content (AvgIpc) is 3.04. The van der Waals surface area contributed by atoms with Gasteiger partial charge in [0.25, 0.3) is 0 Å². The third-order valence-electron chi connectivity index (χ3n) is 5.25. The second kappa shape index (κ2) is 8.62. The van der Waals surface area contributed by atoms with Gasteiger partial charge in [0.2, 0.25) is 6.43 Å². The minimum Gasteiger partial charge on any atom is -0.359 e. The van der Waals surface area contributed by atoms with E-state index in [4.69, 9.17) is 0 Å². The molecule has 0 unspecified atom stereocenters. The zero-order chi connectivity index (χ0) is 20.3. The molecule has 2 aromatic rings. The first-order valence-electron chi connectivity index (χ1n) is 9.20. The third kappa shape index (κ3) is 4.45. The molecule has 1 aromatic carbocycles. The number of anilines is 1. The standard InChI is InChI=1S/C19H21F4N3O2/c20-13-6-11-15(7-14(13)21)24-9-16(11)26-19(28)18(27)25-8-12(17(22)23)10-4-2-1-3-5-10/h6-7,9-10,12,17,24H,1-5,8H2,(H,25,27)(H,26,28)/t12-/m1/s1. The molecule has 0 radical (unpaired) electrons. The van der Waals surface area contributed by atoms with E-state index in [1.54, 1.807) is 0 Å². The van der Waals surface area contributed by atoms with Crippen LogP contribution in [-0.2, 0) is 9.59 Å². The molecule has 1 atom stereocenters. The van der Waals surface area contributed by atoms with E-state index in [2.05, 4.69) is 15.6 Å². The van der Waals surface area contributed by atoms with Gasteiger partial charge in [-0.25, -0.2) is 17.6 Å². The molecule has 2 amide bonds. The fourth-order valence-electron chi connectivity index (χ4n) is 3.71. The Morgan fingerprint density at radius 2 is 1.75 bits per heavy atom. The average molecular weight is 399 g/mol.